The van der Waals surface area contributed by atoms with E-state index in [4.69, 9.17) is 9.84 Å². The summed E-state index contributed by atoms with van der Waals surface area (Å²) < 4.78 is 8.04. The second-order valence-corrected chi connectivity index (χ2v) is 7.06. The van der Waals surface area contributed by atoms with Gasteiger partial charge in [0.05, 0.1) is 22.9 Å². The van der Waals surface area contributed by atoms with Crippen LogP contribution in [-0.2, 0) is 18.3 Å². The number of benzene rings is 1. The van der Waals surface area contributed by atoms with E-state index in [-0.39, 0.29) is 11.7 Å². The quantitative estimate of drug-likeness (QED) is 0.796. The molecule has 0 aliphatic carbocycles. The van der Waals surface area contributed by atoms with Gasteiger partial charge in [-0.1, -0.05) is 34.1 Å². The number of morpholine rings is 1. The summed E-state index contributed by atoms with van der Waals surface area (Å²) >= 11 is 3.55. The van der Waals surface area contributed by atoms with Crippen molar-refractivity contribution in [2.75, 3.05) is 18.4 Å². The van der Waals surface area contributed by atoms with Crippen molar-refractivity contribution in [3.63, 3.8) is 0 Å². The molecule has 0 radical (unpaired) electrons. The third-order valence-corrected chi connectivity index (χ3v) is 4.65. The molecule has 1 atom stereocenters. The molecule has 1 aliphatic rings. The molecule has 3 rings (SSSR count). The summed E-state index contributed by atoms with van der Waals surface area (Å²) in [5.74, 6) is 0. The van der Waals surface area contributed by atoms with Gasteiger partial charge in [0.2, 0.25) is 0 Å². The van der Waals surface area contributed by atoms with Crippen LogP contribution in [0.3, 0.4) is 0 Å². The van der Waals surface area contributed by atoms with Gasteiger partial charge in [0.1, 0.15) is 0 Å². The van der Waals surface area contributed by atoms with Crippen LogP contribution in [0.2, 0.25) is 0 Å². The molecule has 1 fully saturated rings. The lowest BCUT2D eigenvalue weighted by Gasteiger charge is -2.42. The van der Waals surface area contributed by atoms with Crippen LogP contribution in [0.4, 0.5) is 0 Å². The average molecular weight is 352 g/mol. The zero-order chi connectivity index (χ0) is 15.0. The van der Waals surface area contributed by atoms with Crippen molar-refractivity contribution in [1.29, 1.82) is 0 Å². The number of aryl methyl sites for hydroxylation is 1. The number of rotatable bonds is 3. The van der Waals surface area contributed by atoms with Crippen molar-refractivity contribution in [3.8, 4) is 0 Å². The molecule has 2 aromatic rings. The van der Waals surface area contributed by atoms with Crippen LogP contribution in [0.1, 0.15) is 19.5 Å². The SMILES string of the molecule is Cn1nc(CN2CC(CBr)OC(C)(C)C2)c2ccccc21. The third kappa shape index (κ3) is 3.15. The molecule has 2 heterocycles. The minimum Gasteiger partial charge on any atom is -0.369 e. The van der Waals surface area contributed by atoms with E-state index in [0.717, 1.165) is 30.7 Å². The van der Waals surface area contributed by atoms with Crippen molar-refractivity contribution >= 4 is 26.8 Å². The van der Waals surface area contributed by atoms with Crippen molar-refractivity contribution in [2.24, 2.45) is 7.05 Å². The maximum atomic E-state index is 6.07. The van der Waals surface area contributed by atoms with Gasteiger partial charge in [0.25, 0.3) is 0 Å². The van der Waals surface area contributed by atoms with Gasteiger partial charge in [-0.05, 0) is 19.9 Å². The molecule has 4 nitrogen and oxygen atoms in total. The molecule has 1 aromatic carbocycles. The number of nitrogens with zero attached hydrogens (tertiary/aromatic N) is 3. The Morgan fingerprint density at radius 3 is 2.90 bits per heavy atom. The molecule has 1 aromatic heterocycles. The average Bonchev–Trinajstić information content (AvgIpc) is 2.74. The van der Waals surface area contributed by atoms with Crippen molar-refractivity contribution in [2.45, 2.75) is 32.1 Å². The Bertz CT molecular complexity index is 637. The second-order valence-electron chi connectivity index (χ2n) is 6.41. The van der Waals surface area contributed by atoms with Gasteiger partial charge in [-0.15, -0.1) is 0 Å². The van der Waals surface area contributed by atoms with Crippen molar-refractivity contribution < 1.29 is 4.74 Å². The van der Waals surface area contributed by atoms with E-state index in [1.54, 1.807) is 0 Å². The summed E-state index contributed by atoms with van der Waals surface area (Å²) in [6, 6.07) is 8.42. The lowest BCUT2D eigenvalue weighted by molar-refractivity contribution is -0.128. The number of hydrogen-bond acceptors (Lipinski definition) is 3. The highest BCUT2D eigenvalue weighted by molar-refractivity contribution is 9.09. The summed E-state index contributed by atoms with van der Waals surface area (Å²) in [4.78, 5) is 2.45. The van der Waals surface area contributed by atoms with Crippen LogP contribution in [0.5, 0.6) is 0 Å². The summed E-state index contributed by atoms with van der Waals surface area (Å²) in [6.07, 6.45) is 0.240. The Morgan fingerprint density at radius 1 is 1.38 bits per heavy atom. The number of ether oxygens (including phenoxy) is 1. The molecule has 1 aliphatic heterocycles. The van der Waals surface area contributed by atoms with E-state index in [0.29, 0.717) is 0 Å². The fourth-order valence-electron chi connectivity index (χ4n) is 3.23. The molecule has 1 unspecified atom stereocenters. The van der Waals surface area contributed by atoms with E-state index in [1.165, 1.54) is 10.9 Å². The van der Waals surface area contributed by atoms with Gasteiger partial charge in [-0.2, -0.15) is 5.10 Å². The zero-order valence-corrected chi connectivity index (χ0v) is 14.4. The highest BCUT2D eigenvalue weighted by Gasteiger charge is 2.33. The van der Waals surface area contributed by atoms with Crippen LogP contribution in [0, 0.1) is 0 Å². The van der Waals surface area contributed by atoms with Crippen LogP contribution in [0.15, 0.2) is 24.3 Å². The topological polar surface area (TPSA) is 30.3 Å². The normalized spacial score (nSPS) is 22.8. The minimum absolute atomic E-state index is 0.110. The number of hydrogen-bond donors (Lipinski definition) is 0. The Labute approximate surface area is 134 Å². The zero-order valence-electron chi connectivity index (χ0n) is 12.8. The maximum absolute atomic E-state index is 6.07. The molecule has 21 heavy (non-hydrogen) atoms. The largest absolute Gasteiger partial charge is 0.369 e. The number of halogens is 1. The fraction of sp³-hybridized carbons (Fsp3) is 0.562. The molecule has 1 saturated heterocycles. The van der Waals surface area contributed by atoms with Crippen molar-refractivity contribution in [1.82, 2.24) is 14.7 Å². The minimum atomic E-state index is -0.110. The predicted octanol–water partition coefficient (Wildman–Crippen LogP) is 2.95. The van der Waals surface area contributed by atoms with Crippen LogP contribution in [0.25, 0.3) is 10.9 Å². The smallest absolute Gasteiger partial charge is 0.0843 e. The van der Waals surface area contributed by atoms with E-state index < -0.39 is 0 Å². The molecule has 0 saturated carbocycles. The highest BCUT2D eigenvalue weighted by atomic mass is 79.9. The molecule has 5 heteroatoms. The first-order chi connectivity index (χ1) is 9.98. The van der Waals surface area contributed by atoms with Gasteiger partial charge >= 0.3 is 0 Å². The van der Waals surface area contributed by atoms with E-state index in [9.17, 15) is 0 Å². The van der Waals surface area contributed by atoms with Gasteiger partial charge in [0.15, 0.2) is 0 Å². The van der Waals surface area contributed by atoms with Crippen LogP contribution in [-0.4, -0.2) is 44.8 Å². The van der Waals surface area contributed by atoms with E-state index >= 15 is 0 Å². The summed E-state index contributed by atoms with van der Waals surface area (Å²) in [7, 11) is 2.01. The standard InChI is InChI=1S/C16H22BrN3O/c1-16(2)11-20(9-12(8-17)21-16)10-14-13-6-4-5-7-15(13)19(3)18-14/h4-7,12H,8-11H2,1-3H3. The van der Waals surface area contributed by atoms with Crippen LogP contribution >= 0.6 is 15.9 Å². The summed E-state index contributed by atoms with van der Waals surface area (Å²) in [6.45, 7) is 7.06. The molecule has 114 valence electrons. The number of aromatic nitrogens is 2. The van der Waals surface area contributed by atoms with Crippen LogP contribution < -0.4 is 0 Å². The van der Waals surface area contributed by atoms with E-state index in [2.05, 4.69) is 58.9 Å². The lowest BCUT2D eigenvalue weighted by atomic mass is 10.0. The molecule has 0 N–H and O–H groups in total. The molecule has 0 bridgehead atoms. The molecular formula is C16H22BrN3O. The summed E-state index contributed by atoms with van der Waals surface area (Å²) in [5.41, 5.74) is 2.23. The van der Waals surface area contributed by atoms with Gasteiger partial charge < -0.3 is 4.74 Å². The van der Waals surface area contributed by atoms with Gasteiger partial charge in [0, 0.05) is 37.4 Å². The molecular weight excluding hydrogens is 330 g/mol. The lowest BCUT2D eigenvalue weighted by Crippen LogP contribution is -2.52. The molecule has 0 spiro atoms. The number of para-hydroxylation sites is 1. The Hall–Kier alpha value is -0.910. The van der Waals surface area contributed by atoms with Crippen molar-refractivity contribution in [3.05, 3.63) is 30.0 Å². The highest BCUT2D eigenvalue weighted by Crippen LogP contribution is 2.25. The third-order valence-electron chi connectivity index (χ3n) is 3.93. The maximum Gasteiger partial charge on any atom is 0.0843 e. The predicted molar refractivity (Wildman–Crippen MR) is 88.7 cm³/mol. The first-order valence-corrected chi connectivity index (χ1v) is 8.47. The van der Waals surface area contributed by atoms with E-state index in [1.807, 2.05) is 11.7 Å². The fourth-order valence-corrected chi connectivity index (χ4v) is 3.57. The Balaban J connectivity index is 1.84. The van der Waals surface area contributed by atoms with Gasteiger partial charge in [-0.25, -0.2) is 0 Å². The Morgan fingerprint density at radius 2 is 2.14 bits per heavy atom. The summed E-state index contributed by atoms with van der Waals surface area (Å²) in [5, 5.41) is 6.83. The first-order valence-electron chi connectivity index (χ1n) is 7.35. The number of alkyl halides is 1. The molecule has 0 amide bonds. The monoisotopic (exact) mass is 351 g/mol. The second kappa shape index (κ2) is 5.71. The Kier molecular flexibility index (Phi) is 4.08. The van der Waals surface area contributed by atoms with Gasteiger partial charge in [-0.3, -0.25) is 9.58 Å². The number of fused-ring (bicyclic) bond motifs is 1. The first kappa shape index (κ1) is 15.0.